The molecule has 0 unspecified atom stereocenters. The van der Waals surface area contributed by atoms with E-state index in [0.717, 1.165) is 5.57 Å². The maximum atomic E-state index is 13.5. The number of aliphatic hydroxyl groups is 2. The third-order valence-corrected chi connectivity index (χ3v) is 7.06. The van der Waals surface area contributed by atoms with E-state index in [0.29, 0.717) is 23.5 Å². The monoisotopic (exact) mass is 545 g/mol. The Labute approximate surface area is 220 Å². The van der Waals surface area contributed by atoms with Crippen molar-refractivity contribution in [2.24, 2.45) is 17.3 Å². The Morgan fingerprint density at radius 3 is 2.41 bits per heavy atom. The highest BCUT2D eigenvalue weighted by atomic mass is 32.1. The quantitative estimate of drug-likeness (QED) is 0.222. The summed E-state index contributed by atoms with van der Waals surface area (Å²) in [4.78, 5) is 27.9. The summed E-state index contributed by atoms with van der Waals surface area (Å²) in [6, 6.07) is 0. The van der Waals surface area contributed by atoms with Gasteiger partial charge in [0.25, 0.3) is 0 Å². The van der Waals surface area contributed by atoms with Crippen LogP contribution in [0.4, 0.5) is 13.2 Å². The van der Waals surface area contributed by atoms with E-state index in [1.165, 1.54) is 37.3 Å². The van der Waals surface area contributed by atoms with Crippen LogP contribution in [0.5, 0.6) is 0 Å². The van der Waals surface area contributed by atoms with Crippen LogP contribution in [0.3, 0.4) is 0 Å². The van der Waals surface area contributed by atoms with E-state index in [9.17, 15) is 27.9 Å². The first-order chi connectivity index (χ1) is 17.1. The molecule has 0 spiro atoms. The molecule has 0 amide bonds. The van der Waals surface area contributed by atoms with Gasteiger partial charge >= 0.3 is 12.1 Å². The molecular weight excluding hydrogens is 507 g/mol. The van der Waals surface area contributed by atoms with E-state index in [4.69, 9.17) is 10.2 Å². The molecule has 3 atom stereocenters. The first-order valence-electron chi connectivity index (χ1n) is 12.2. The molecule has 0 aliphatic rings. The fourth-order valence-corrected chi connectivity index (χ4v) is 4.58. The number of carboxylic acids is 1. The number of allylic oxidation sites excluding steroid dienone is 5. The number of hydrogen-bond acceptors (Lipinski definition) is 6. The highest BCUT2D eigenvalue weighted by Gasteiger charge is 2.39. The summed E-state index contributed by atoms with van der Waals surface area (Å²) in [5, 5.41) is 30.5. The standard InChI is InChI=1S/C27H38F3NO5S/c1-17(12-19(3)25(36)26(4,5)22(33)14-24(34)35)8-6-10-20(27(28,29)30)11-7-9-18(2)13-21-16-37-23(15-32)31-21/h6,8,11,13,16-17,19,22,32-33H,7,9-10,12,14-15H2,1-5H3,(H,34,35)/b8-6+,18-13+,20-11+/t17-,19+,22-/m0/s1. The number of halogens is 3. The number of aromatic nitrogens is 1. The first kappa shape index (κ1) is 32.7. The van der Waals surface area contributed by atoms with Crippen LogP contribution in [-0.2, 0) is 16.2 Å². The predicted octanol–water partition coefficient (Wildman–Crippen LogP) is 6.35. The Morgan fingerprint density at radius 2 is 1.86 bits per heavy atom. The van der Waals surface area contributed by atoms with E-state index in [1.807, 2.05) is 6.92 Å². The van der Waals surface area contributed by atoms with Gasteiger partial charge in [0.05, 0.1) is 30.2 Å². The number of aliphatic carboxylic acids is 1. The van der Waals surface area contributed by atoms with Gasteiger partial charge in [0.2, 0.25) is 0 Å². The molecule has 0 aliphatic carbocycles. The van der Waals surface area contributed by atoms with Crippen LogP contribution in [0, 0.1) is 17.3 Å². The topological polar surface area (TPSA) is 108 Å². The van der Waals surface area contributed by atoms with Gasteiger partial charge in [0.15, 0.2) is 0 Å². The molecule has 0 fully saturated rings. The molecular formula is C27H38F3NO5S. The summed E-state index contributed by atoms with van der Waals surface area (Å²) < 4.78 is 40.5. The average molecular weight is 546 g/mol. The van der Waals surface area contributed by atoms with Crippen molar-refractivity contribution in [3.05, 3.63) is 45.5 Å². The number of carboxylic acid groups (broad SMARTS) is 1. The van der Waals surface area contributed by atoms with Gasteiger partial charge in [-0.3, -0.25) is 9.59 Å². The Balaban J connectivity index is 2.71. The van der Waals surface area contributed by atoms with Crippen molar-refractivity contribution in [2.45, 2.75) is 85.6 Å². The second kappa shape index (κ2) is 14.6. The van der Waals surface area contributed by atoms with Crippen LogP contribution in [0.1, 0.15) is 77.4 Å². The van der Waals surface area contributed by atoms with Crippen LogP contribution >= 0.6 is 11.3 Å². The highest BCUT2D eigenvalue weighted by Crippen LogP contribution is 2.32. The van der Waals surface area contributed by atoms with Crippen molar-refractivity contribution in [3.8, 4) is 0 Å². The van der Waals surface area contributed by atoms with Crippen LogP contribution in [-0.4, -0.2) is 44.3 Å². The summed E-state index contributed by atoms with van der Waals surface area (Å²) in [7, 11) is 0. The lowest BCUT2D eigenvalue weighted by molar-refractivity contribution is -0.145. The van der Waals surface area contributed by atoms with Crippen LogP contribution in [0.2, 0.25) is 0 Å². The molecule has 0 aromatic carbocycles. The fourth-order valence-electron chi connectivity index (χ4n) is 3.97. The van der Waals surface area contributed by atoms with Gasteiger partial charge in [0, 0.05) is 16.9 Å². The highest BCUT2D eigenvalue weighted by molar-refractivity contribution is 7.09. The molecule has 1 aromatic rings. The Hall–Kier alpha value is -2.30. The summed E-state index contributed by atoms with van der Waals surface area (Å²) in [5.41, 5.74) is -0.328. The van der Waals surface area contributed by atoms with E-state index in [1.54, 1.807) is 31.4 Å². The third-order valence-electron chi connectivity index (χ3n) is 6.20. The molecule has 10 heteroatoms. The van der Waals surface area contributed by atoms with Crippen LogP contribution < -0.4 is 0 Å². The summed E-state index contributed by atoms with van der Waals surface area (Å²) >= 11 is 1.32. The molecule has 37 heavy (non-hydrogen) atoms. The SMILES string of the molecule is C/C(=C\c1csc(CO)n1)CC/C=C(\C/C=C/[C@H](C)C[C@@H](C)C(=O)C(C)(C)[C@@H](O)CC(=O)O)C(F)(F)F. The van der Waals surface area contributed by atoms with E-state index >= 15 is 0 Å². The molecule has 3 N–H and O–H groups in total. The van der Waals surface area contributed by atoms with Crippen LogP contribution in [0.25, 0.3) is 6.08 Å². The van der Waals surface area contributed by atoms with E-state index in [-0.39, 0.29) is 31.1 Å². The van der Waals surface area contributed by atoms with Gasteiger partial charge in [-0.1, -0.05) is 51.5 Å². The Kier molecular flexibility index (Phi) is 12.9. The van der Waals surface area contributed by atoms with Gasteiger partial charge in [0.1, 0.15) is 10.8 Å². The lowest BCUT2D eigenvalue weighted by Gasteiger charge is -2.31. The maximum absolute atomic E-state index is 13.5. The second-order valence-electron chi connectivity index (χ2n) is 10.0. The number of alkyl halides is 3. The predicted molar refractivity (Wildman–Crippen MR) is 139 cm³/mol. The van der Waals surface area contributed by atoms with Gasteiger partial charge in [-0.2, -0.15) is 13.2 Å². The molecule has 0 bridgehead atoms. The number of Topliss-reactive ketones (excluding diaryl/α,β-unsaturated/α-hetero) is 1. The average Bonchev–Trinajstić information content (AvgIpc) is 3.23. The normalized spacial score (nSPS) is 16.2. The largest absolute Gasteiger partial charge is 0.481 e. The molecule has 0 saturated carbocycles. The van der Waals surface area contributed by atoms with Crippen LogP contribution in [0.15, 0.2) is 34.8 Å². The number of carbonyl (C=O) groups is 2. The number of hydrogen-bond donors (Lipinski definition) is 3. The molecule has 0 radical (unpaired) electrons. The van der Waals surface area contributed by atoms with Crippen molar-refractivity contribution >= 4 is 29.2 Å². The number of ketones is 1. The lowest BCUT2D eigenvalue weighted by atomic mass is 9.74. The second-order valence-corrected chi connectivity index (χ2v) is 11.0. The number of aliphatic hydroxyl groups excluding tert-OH is 2. The van der Waals surface area contributed by atoms with E-state index in [2.05, 4.69) is 4.98 Å². The van der Waals surface area contributed by atoms with Crippen molar-refractivity contribution in [1.82, 2.24) is 4.98 Å². The van der Waals surface area contributed by atoms with Crippen molar-refractivity contribution in [1.29, 1.82) is 0 Å². The molecule has 0 saturated heterocycles. The number of thiazole rings is 1. The molecule has 1 heterocycles. The summed E-state index contributed by atoms with van der Waals surface area (Å²) in [6.45, 7) is 8.15. The molecule has 0 aliphatic heterocycles. The summed E-state index contributed by atoms with van der Waals surface area (Å²) in [5.74, 6) is -2.18. The van der Waals surface area contributed by atoms with Gasteiger partial charge in [-0.15, -0.1) is 11.3 Å². The number of nitrogens with zero attached hydrogens (tertiary/aromatic N) is 1. The zero-order chi connectivity index (χ0) is 28.4. The first-order valence-corrected chi connectivity index (χ1v) is 13.0. The number of rotatable bonds is 15. The molecule has 1 aromatic heterocycles. The minimum atomic E-state index is -4.45. The van der Waals surface area contributed by atoms with Crippen molar-refractivity contribution in [3.63, 3.8) is 0 Å². The zero-order valence-corrected chi connectivity index (χ0v) is 22.8. The van der Waals surface area contributed by atoms with Gasteiger partial charge in [-0.25, -0.2) is 4.98 Å². The van der Waals surface area contributed by atoms with E-state index < -0.39 is 41.6 Å². The van der Waals surface area contributed by atoms with Gasteiger partial charge in [-0.05, 0) is 44.6 Å². The minimum Gasteiger partial charge on any atom is -0.481 e. The smallest absolute Gasteiger partial charge is 0.412 e. The maximum Gasteiger partial charge on any atom is 0.412 e. The lowest BCUT2D eigenvalue weighted by Crippen LogP contribution is -2.41. The zero-order valence-electron chi connectivity index (χ0n) is 22.0. The minimum absolute atomic E-state index is 0.148. The summed E-state index contributed by atoms with van der Waals surface area (Å²) in [6.07, 6.45) is 0.511. The molecule has 6 nitrogen and oxygen atoms in total. The number of carbonyl (C=O) groups excluding carboxylic acids is 1. The Morgan fingerprint density at radius 1 is 1.22 bits per heavy atom. The van der Waals surface area contributed by atoms with Gasteiger partial charge < -0.3 is 15.3 Å². The van der Waals surface area contributed by atoms with Crippen molar-refractivity contribution < 1.29 is 38.1 Å². The third kappa shape index (κ3) is 11.3. The molecule has 208 valence electrons. The fraction of sp³-hybridized carbons (Fsp3) is 0.593. The molecule has 1 rings (SSSR count). The van der Waals surface area contributed by atoms with Crippen molar-refractivity contribution in [2.75, 3.05) is 0 Å². The Bertz CT molecular complexity index is 994.